The lowest BCUT2D eigenvalue weighted by atomic mass is 10.1. The second kappa shape index (κ2) is 4.36. The molecule has 2 aromatic rings. The van der Waals surface area contributed by atoms with Crippen molar-refractivity contribution >= 4 is 17.3 Å². The first-order valence-corrected chi connectivity index (χ1v) is 5.85. The second-order valence-corrected chi connectivity index (χ2v) is 4.35. The van der Waals surface area contributed by atoms with Crippen molar-refractivity contribution in [2.45, 2.75) is 6.54 Å². The second-order valence-electron chi connectivity index (χ2n) is 4.35. The largest absolute Gasteiger partial charge is 0.364 e. The van der Waals surface area contributed by atoms with E-state index in [4.69, 9.17) is 10.3 Å². The first kappa shape index (κ1) is 11.7. The minimum absolute atomic E-state index is 0.0206. The molecule has 1 aromatic heterocycles. The van der Waals surface area contributed by atoms with E-state index >= 15 is 0 Å². The van der Waals surface area contributed by atoms with Crippen molar-refractivity contribution in [1.82, 2.24) is 10.1 Å². The molecule has 0 atom stereocenters. The van der Waals surface area contributed by atoms with E-state index in [0.29, 0.717) is 18.3 Å². The molecule has 7 heteroatoms. The van der Waals surface area contributed by atoms with Gasteiger partial charge in [-0.25, -0.2) is 0 Å². The lowest BCUT2D eigenvalue weighted by molar-refractivity contribution is -0.115. The number of carbonyl (C=O) groups excluding carboxylic acids is 1. The molecule has 19 heavy (non-hydrogen) atoms. The molecule has 3 N–H and O–H groups in total. The Morgan fingerprint density at radius 1 is 1.53 bits per heavy atom. The Labute approximate surface area is 109 Å². The number of rotatable bonds is 2. The van der Waals surface area contributed by atoms with Gasteiger partial charge in [-0.1, -0.05) is 5.16 Å². The van der Waals surface area contributed by atoms with E-state index in [-0.39, 0.29) is 12.5 Å². The summed E-state index contributed by atoms with van der Waals surface area (Å²) in [6.07, 6.45) is 0. The minimum Gasteiger partial charge on any atom is -0.364 e. The molecule has 0 saturated carbocycles. The summed E-state index contributed by atoms with van der Waals surface area (Å²) in [5, 5.41) is 6.69. The van der Waals surface area contributed by atoms with Crippen LogP contribution in [0.15, 0.2) is 22.7 Å². The third kappa shape index (κ3) is 2.04. The van der Waals surface area contributed by atoms with Crippen LogP contribution in [0.1, 0.15) is 5.89 Å². The normalized spacial score (nSPS) is 14.2. The van der Waals surface area contributed by atoms with Gasteiger partial charge >= 0.3 is 0 Å². The summed E-state index contributed by atoms with van der Waals surface area (Å²) in [6, 6.07) is 5.58. The van der Waals surface area contributed by atoms with Crippen molar-refractivity contribution in [3.8, 4) is 11.4 Å². The predicted molar refractivity (Wildman–Crippen MR) is 69.5 cm³/mol. The Bertz CT molecular complexity index is 637. The molecule has 0 unspecified atom stereocenters. The van der Waals surface area contributed by atoms with Crippen molar-refractivity contribution in [3.63, 3.8) is 0 Å². The lowest BCUT2D eigenvalue weighted by Crippen LogP contribution is -2.35. The van der Waals surface area contributed by atoms with E-state index in [1.165, 1.54) is 0 Å². The number of amides is 1. The zero-order valence-corrected chi connectivity index (χ0v) is 10.4. The van der Waals surface area contributed by atoms with Crippen molar-refractivity contribution in [3.05, 3.63) is 24.1 Å². The highest BCUT2D eigenvalue weighted by molar-refractivity contribution is 6.01. The zero-order chi connectivity index (χ0) is 13.4. The smallest absolute Gasteiger partial charge is 0.243 e. The maximum Gasteiger partial charge on any atom is 0.243 e. The van der Waals surface area contributed by atoms with Crippen LogP contribution < -0.4 is 16.0 Å². The number of fused-ring (bicyclic) bond motifs is 1. The molecule has 0 saturated heterocycles. The van der Waals surface area contributed by atoms with Crippen LogP contribution in [0.4, 0.5) is 11.4 Å². The minimum atomic E-state index is -0.0206. The average Bonchev–Trinajstić information content (AvgIpc) is 2.87. The molecule has 0 spiro atoms. The van der Waals surface area contributed by atoms with Gasteiger partial charge in [-0.3, -0.25) is 4.79 Å². The van der Waals surface area contributed by atoms with Gasteiger partial charge in [-0.05, 0) is 18.2 Å². The number of aromatic nitrogens is 2. The third-order valence-corrected chi connectivity index (χ3v) is 2.96. The van der Waals surface area contributed by atoms with Crippen LogP contribution >= 0.6 is 0 Å². The highest BCUT2D eigenvalue weighted by Gasteiger charge is 2.20. The molecular weight excluding hydrogens is 246 g/mol. The van der Waals surface area contributed by atoms with Crippen molar-refractivity contribution in [2.75, 3.05) is 23.8 Å². The molecule has 1 aliphatic heterocycles. The van der Waals surface area contributed by atoms with E-state index in [0.717, 1.165) is 16.9 Å². The summed E-state index contributed by atoms with van der Waals surface area (Å²) < 4.78 is 4.99. The van der Waals surface area contributed by atoms with E-state index in [1.54, 1.807) is 0 Å². The molecule has 0 fully saturated rings. The number of hydrogen-bond donors (Lipinski definition) is 2. The molecule has 2 heterocycles. The van der Waals surface area contributed by atoms with E-state index in [1.807, 2.05) is 30.1 Å². The Morgan fingerprint density at radius 2 is 2.37 bits per heavy atom. The fraction of sp³-hybridized carbons (Fsp3) is 0.250. The highest BCUT2D eigenvalue weighted by Crippen LogP contribution is 2.32. The van der Waals surface area contributed by atoms with E-state index in [2.05, 4.69) is 15.5 Å². The van der Waals surface area contributed by atoms with Gasteiger partial charge in [0, 0.05) is 12.6 Å². The molecular formula is C12H13N5O2. The van der Waals surface area contributed by atoms with Gasteiger partial charge in [-0.15, -0.1) is 0 Å². The van der Waals surface area contributed by atoms with E-state index in [9.17, 15) is 4.79 Å². The number of nitrogens with zero attached hydrogens (tertiary/aromatic N) is 3. The van der Waals surface area contributed by atoms with Gasteiger partial charge in [0.25, 0.3) is 0 Å². The van der Waals surface area contributed by atoms with Crippen molar-refractivity contribution < 1.29 is 9.32 Å². The van der Waals surface area contributed by atoms with Crippen LogP contribution in [0.5, 0.6) is 0 Å². The molecule has 7 nitrogen and oxygen atoms in total. The number of benzene rings is 1. The van der Waals surface area contributed by atoms with Gasteiger partial charge in [0.15, 0.2) is 0 Å². The van der Waals surface area contributed by atoms with Crippen molar-refractivity contribution in [1.29, 1.82) is 0 Å². The van der Waals surface area contributed by atoms with E-state index < -0.39 is 0 Å². The lowest BCUT2D eigenvalue weighted by Gasteiger charge is -2.27. The van der Waals surface area contributed by atoms with Crippen molar-refractivity contribution in [2.24, 2.45) is 5.73 Å². The molecule has 1 aromatic carbocycles. The van der Waals surface area contributed by atoms with Crippen LogP contribution in [-0.2, 0) is 11.3 Å². The number of carbonyl (C=O) groups is 1. The monoisotopic (exact) mass is 259 g/mol. The summed E-state index contributed by atoms with van der Waals surface area (Å²) in [7, 11) is 1.86. The van der Waals surface area contributed by atoms with Gasteiger partial charge in [0.05, 0.1) is 24.5 Å². The van der Waals surface area contributed by atoms with Crippen LogP contribution in [0.2, 0.25) is 0 Å². The van der Waals surface area contributed by atoms with Gasteiger partial charge in [-0.2, -0.15) is 4.98 Å². The Balaban J connectivity index is 2.01. The standard InChI is InChI=1S/C12H13N5O2/c1-17-6-10(18)14-8-3-2-7(4-9(8)17)12-15-11(5-13)19-16-12/h2-4H,5-6,13H2,1H3,(H,14,18). The molecule has 3 rings (SSSR count). The summed E-state index contributed by atoms with van der Waals surface area (Å²) in [5.74, 6) is 0.871. The fourth-order valence-electron chi connectivity index (χ4n) is 2.04. The maximum atomic E-state index is 11.4. The maximum absolute atomic E-state index is 11.4. The van der Waals surface area contributed by atoms with Crippen LogP contribution in [-0.4, -0.2) is 29.6 Å². The quantitative estimate of drug-likeness (QED) is 0.819. The summed E-state index contributed by atoms with van der Waals surface area (Å²) in [5.41, 5.74) is 7.97. The molecule has 0 bridgehead atoms. The molecule has 98 valence electrons. The SMILES string of the molecule is CN1CC(=O)Nc2ccc(-c3noc(CN)n3)cc21. The predicted octanol–water partition coefficient (Wildman–Crippen LogP) is 0.584. The molecule has 1 amide bonds. The first-order chi connectivity index (χ1) is 9.17. The highest BCUT2D eigenvalue weighted by atomic mass is 16.5. The van der Waals surface area contributed by atoms with Gasteiger partial charge in [0.1, 0.15) is 0 Å². The fourth-order valence-corrected chi connectivity index (χ4v) is 2.04. The van der Waals surface area contributed by atoms with Gasteiger partial charge < -0.3 is 20.5 Å². The molecule has 1 aliphatic rings. The number of nitrogens with one attached hydrogen (secondary N) is 1. The number of anilines is 2. The number of hydrogen-bond acceptors (Lipinski definition) is 6. The summed E-state index contributed by atoms with van der Waals surface area (Å²) in [4.78, 5) is 17.5. The summed E-state index contributed by atoms with van der Waals surface area (Å²) >= 11 is 0. The topological polar surface area (TPSA) is 97.3 Å². The first-order valence-electron chi connectivity index (χ1n) is 5.85. The Morgan fingerprint density at radius 3 is 3.11 bits per heavy atom. The van der Waals surface area contributed by atoms with Gasteiger partial charge in [0.2, 0.25) is 17.6 Å². The van der Waals surface area contributed by atoms with Crippen LogP contribution in [0.3, 0.4) is 0 Å². The Kier molecular flexibility index (Phi) is 2.68. The Hall–Kier alpha value is -2.41. The van der Waals surface area contributed by atoms with Crippen LogP contribution in [0.25, 0.3) is 11.4 Å². The average molecular weight is 259 g/mol. The number of nitrogens with two attached hydrogens (primary N) is 1. The number of likely N-dealkylation sites (N-methyl/N-ethyl adjacent to an activating group) is 1. The zero-order valence-electron chi connectivity index (χ0n) is 10.4. The summed E-state index contributed by atoms with van der Waals surface area (Å²) in [6.45, 7) is 0.546. The third-order valence-electron chi connectivity index (χ3n) is 2.96. The van der Waals surface area contributed by atoms with Crippen LogP contribution in [0, 0.1) is 0 Å². The molecule has 0 aliphatic carbocycles. The molecule has 0 radical (unpaired) electrons.